The second kappa shape index (κ2) is 4.35. The molecule has 0 aliphatic heterocycles. The number of anilines is 1. The van der Waals surface area contributed by atoms with E-state index in [1.165, 1.54) is 0 Å². The van der Waals surface area contributed by atoms with E-state index in [9.17, 15) is 4.39 Å². The molecule has 0 radical (unpaired) electrons. The SMILES string of the molecule is CC(C)(C)c1cnc(NCCF)nc1. The number of halogens is 1. The smallest absolute Gasteiger partial charge is 0.222 e. The Morgan fingerprint density at radius 3 is 2.29 bits per heavy atom. The summed E-state index contributed by atoms with van der Waals surface area (Å²) in [6.07, 6.45) is 3.54. The molecule has 0 aliphatic rings. The predicted octanol–water partition coefficient (Wildman–Crippen LogP) is 2.16. The molecular weight excluding hydrogens is 181 g/mol. The second-order valence-corrected chi connectivity index (χ2v) is 4.16. The lowest BCUT2D eigenvalue weighted by Crippen LogP contribution is -2.13. The molecule has 0 saturated carbocycles. The summed E-state index contributed by atoms with van der Waals surface area (Å²) in [5.41, 5.74) is 1.13. The van der Waals surface area contributed by atoms with Crippen LogP contribution in [0.1, 0.15) is 26.3 Å². The van der Waals surface area contributed by atoms with Crippen LogP contribution in [-0.4, -0.2) is 23.2 Å². The Labute approximate surface area is 83.8 Å². The predicted molar refractivity (Wildman–Crippen MR) is 55.2 cm³/mol. The van der Waals surface area contributed by atoms with Crippen LogP contribution in [0.4, 0.5) is 10.3 Å². The molecule has 14 heavy (non-hydrogen) atoms. The summed E-state index contributed by atoms with van der Waals surface area (Å²) in [4.78, 5) is 8.19. The van der Waals surface area contributed by atoms with Gasteiger partial charge in [0.05, 0.1) is 0 Å². The zero-order chi connectivity index (χ0) is 10.6. The number of hydrogen-bond acceptors (Lipinski definition) is 3. The molecule has 0 bridgehead atoms. The van der Waals surface area contributed by atoms with Crippen molar-refractivity contribution in [3.63, 3.8) is 0 Å². The minimum Gasteiger partial charge on any atom is -0.352 e. The molecule has 0 spiro atoms. The molecule has 3 nitrogen and oxygen atoms in total. The summed E-state index contributed by atoms with van der Waals surface area (Å²) in [5.74, 6) is 0.482. The minimum atomic E-state index is -0.412. The molecular formula is C10H16FN3. The van der Waals surface area contributed by atoms with Crippen LogP contribution in [0.2, 0.25) is 0 Å². The Morgan fingerprint density at radius 2 is 1.86 bits per heavy atom. The van der Waals surface area contributed by atoms with Crippen LogP contribution in [0.15, 0.2) is 12.4 Å². The van der Waals surface area contributed by atoms with Gasteiger partial charge in [0.25, 0.3) is 0 Å². The number of rotatable bonds is 3. The van der Waals surface area contributed by atoms with Gasteiger partial charge in [0.15, 0.2) is 0 Å². The van der Waals surface area contributed by atoms with Gasteiger partial charge < -0.3 is 5.32 Å². The van der Waals surface area contributed by atoms with Gasteiger partial charge in [-0.2, -0.15) is 0 Å². The highest BCUT2D eigenvalue weighted by Gasteiger charge is 2.14. The van der Waals surface area contributed by atoms with E-state index in [-0.39, 0.29) is 12.0 Å². The highest BCUT2D eigenvalue weighted by Crippen LogP contribution is 2.20. The van der Waals surface area contributed by atoms with Gasteiger partial charge in [-0.3, -0.25) is 0 Å². The fourth-order valence-electron chi connectivity index (χ4n) is 0.966. The third-order valence-corrected chi connectivity index (χ3v) is 1.90. The lowest BCUT2D eigenvalue weighted by atomic mass is 9.89. The second-order valence-electron chi connectivity index (χ2n) is 4.16. The zero-order valence-corrected chi connectivity index (χ0v) is 8.84. The third kappa shape index (κ3) is 2.94. The molecule has 0 aromatic carbocycles. The van der Waals surface area contributed by atoms with Crippen LogP contribution in [-0.2, 0) is 5.41 Å². The lowest BCUT2D eigenvalue weighted by Gasteiger charge is -2.17. The topological polar surface area (TPSA) is 37.8 Å². The van der Waals surface area contributed by atoms with E-state index in [4.69, 9.17) is 0 Å². The van der Waals surface area contributed by atoms with Gasteiger partial charge in [-0.05, 0) is 11.0 Å². The van der Waals surface area contributed by atoms with E-state index in [0.29, 0.717) is 5.95 Å². The Bertz CT molecular complexity index is 276. The van der Waals surface area contributed by atoms with Gasteiger partial charge in [-0.15, -0.1) is 0 Å². The molecule has 0 aliphatic carbocycles. The summed E-state index contributed by atoms with van der Waals surface area (Å²) in [5, 5.41) is 2.78. The molecule has 1 rings (SSSR count). The van der Waals surface area contributed by atoms with Crippen LogP contribution in [0, 0.1) is 0 Å². The first-order valence-electron chi connectivity index (χ1n) is 4.66. The van der Waals surface area contributed by atoms with E-state index in [1.807, 2.05) is 0 Å². The first-order chi connectivity index (χ1) is 6.54. The number of alkyl halides is 1. The summed E-state index contributed by atoms with van der Waals surface area (Å²) in [7, 11) is 0. The van der Waals surface area contributed by atoms with Crippen molar-refractivity contribution < 1.29 is 4.39 Å². The molecule has 78 valence electrons. The van der Waals surface area contributed by atoms with Crippen molar-refractivity contribution in [2.24, 2.45) is 0 Å². The van der Waals surface area contributed by atoms with Gasteiger partial charge in [-0.25, -0.2) is 14.4 Å². The fourth-order valence-corrected chi connectivity index (χ4v) is 0.966. The molecule has 1 heterocycles. The summed E-state index contributed by atoms with van der Waals surface area (Å²) in [6, 6.07) is 0. The number of hydrogen-bond donors (Lipinski definition) is 1. The molecule has 0 amide bonds. The Hall–Kier alpha value is -1.19. The Balaban J connectivity index is 2.69. The Morgan fingerprint density at radius 1 is 1.29 bits per heavy atom. The number of nitrogens with one attached hydrogen (secondary N) is 1. The largest absolute Gasteiger partial charge is 0.352 e. The van der Waals surface area contributed by atoms with Gasteiger partial charge in [0, 0.05) is 18.9 Å². The van der Waals surface area contributed by atoms with Crippen molar-refractivity contribution in [2.75, 3.05) is 18.5 Å². The summed E-state index contributed by atoms with van der Waals surface area (Å²) < 4.78 is 11.8. The van der Waals surface area contributed by atoms with Crippen LogP contribution < -0.4 is 5.32 Å². The average Bonchev–Trinajstić information content (AvgIpc) is 2.14. The first-order valence-corrected chi connectivity index (χ1v) is 4.66. The molecule has 0 unspecified atom stereocenters. The van der Waals surface area contributed by atoms with Crippen molar-refractivity contribution in [3.8, 4) is 0 Å². The maximum Gasteiger partial charge on any atom is 0.222 e. The molecule has 0 atom stereocenters. The summed E-state index contributed by atoms with van der Waals surface area (Å²) >= 11 is 0. The fraction of sp³-hybridized carbons (Fsp3) is 0.600. The normalized spacial score (nSPS) is 11.4. The van der Waals surface area contributed by atoms with Crippen molar-refractivity contribution in [1.82, 2.24) is 9.97 Å². The lowest BCUT2D eigenvalue weighted by molar-refractivity contribution is 0.511. The quantitative estimate of drug-likeness (QED) is 0.806. The molecule has 0 fully saturated rings. The van der Waals surface area contributed by atoms with Gasteiger partial charge in [0.1, 0.15) is 6.67 Å². The monoisotopic (exact) mass is 197 g/mol. The highest BCUT2D eigenvalue weighted by atomic mass is 19.1. The molecule has 1 aromatic rings. The van der Waals surface area contributed by atoms with E-state index in [2.05, 4.69) is 36.1 Å². The Kier molecular flexibility index (Phi) is 3.38. The van der Waals surface area contributed by atoms with Crippen LogP contribution >= 0.6 is 0 Å². The highest BCUT2D eigenvalue weighted by molar-refractivity contribution is 5.26. The van der Waals surface area contributed by atoms with Crippen molar-refractivity contribution in [2.45, 2.75) is 26.2 Å². The zero-order valence-electron chi connectivity index (χ0n) is 8.84. The standard InChI is InChI=1S/C10H16FN3/c1-10(2,3)8-6-13-9(14-7-8)12-5-4-11/h6-7H,4-5H2,1-3H3,(H,12,13,14). The molecule has 0 saturated heterocycles. The van der Waals surface area contributed by atoms with Gasteiger partial charge >= 0.3 is 0 Å². The number of nitrogens with zero attached hydrogens (tertiary/aromatic N) is 2. The van der Waals surface area contributed by atoms with E-state index in [1.54, 1.807) is 12.4 Å². The molecule has 1 aromatic heterocycles. The van der Waals surface area contributed by atoms with Crippen molar-refractivity contribution in [1.29, 1.82) is 0 Å². The average molecular weight is 197 g/mol. The molecule has 4 heteroatoms. The van der Waals surface area contributed by atoms with E-state index >= 15 is 0 Å². The first kappa shape index (κ1) is 10.9. The van der Waals surface area contributed by atoms with Crippen molar-refractivity contribution in [3.05, 3.63) is 18.0 Å². The van der Waals surface area contributed by atoms with E-state index in [0.717, 1.165) is 5.56 Å². The van der Waals surface area contributed by atoms with Crippen LogP contribution in [0.25, 0.3) is 0 Å². The van der Waals surface area contributed by atoms with E-state index < -0.39 is 6.67 Å². The third-order valence-electron chi connectivity index (χ3n) is 1.90. The van der Waals surface area contributed by atoms with Gasteiger partial charge in [0.2, 0.25) is 5.95 Å². The number of aromatic nitrogens is 2. The van der Waals surface area contributed by atoms with Gasteiger partial charge in [-0.1, -0.05) is 20.8 Å². The maximum atomic E-state index is 11.8. The maximum absolute atomic E-state index is 11.8. The minimum absolute atomic E-state index is 0.0542. The molecule has 1 N–H and O–H groups in total. The van der Waals surface area contributed by atoms with Crippen LogP contribution in [0.5, 0.6) is 0 Å². The van der Waals surface area contributed by atoms with Crippen LogP contribution in [0.3, 0.4) is 0 Å². The van der Waals surface area contributed by atoms with Crippen molar-refractivity contribution >= 4 is 5.95 Å². The summed E-state index contributed by atoms with van der Waals surface area (Å²) in [6.45, 7) is 6.14.